The number of nitrogens with one attached hydrogen (secondary N) is 1. The first kappa shape index (κ1) is 21.4. The van der Waals surface area contributed by atoms with Crippen molar-refractivity contribution in [3.05, 3.63) is 0 Å². The summed E-state index contributed by atoms with van der Waals surface area (Å²) in [6.07, 6.45) is 11.2. The van der Waals surface area contributed by atoms with Crippen molar-refractivity contribution in [3.63, 3.8) is 0 Å². The third-order valence-electron chi connectivity index (χ3n) is 2.87. The van der Waals surface area contributed by atoms with Gasteiger partial charge in [0.15, 0.2) is 5.17 Å². The zero-order chi connectivity index (χ0) is 13.5. The fourth-order valence-electron chi connectivity index (χ4n) is 1.85. The van der Waals surface area contributed by atoms with Gasteiger partial charge >= 0.3 is 0 Å². The maximum Gasteiger partial charge on any atom is 0.156 e. The van der Waals surface area contributed by atoms with Gasteiger partial charge in [-0.3, -0.25) is 4.99 Å². The van der Waals surface area contributed by atoms with Gasteiger partial charge in [-0.1, -0.05) is 63.6 Å². The van der Waals surface area contributed by atoms with Crippen LogP contribution < -0.4 is 5.32 Å². The highest BCUT2D eigenvalue weighted by molar-refractivity contribution is 8.13. The summed E-state index contributed by atoms with van der Waals surface area (Å²) in [5, 5.41) is 4.45. The van der Waals surface area contributed by atoms with Crippen LogP contribution in [-0.2, 0) is 0 Å². The van der Waals surface area contributed by atoms with Crippen LogP contribution in [0, 0.1) is 0 Å². The summed E-state index contributed by atoms with van der Waals surface area (Å²) in [4.78, 5) is 4.45. The zero-order valence-corrected chi connectivity index (χ0v) is 14.7. The van der Waals surface area contributed by atoms with Crippen LogP contribution in [0.4, 0.5) is 0 Å². The minimum atomic E-state index is 0. The molecule has 0 spiro atoms. The molecule has 19 heavy (non-hydrogen) atoms. The second-order valence-corrected chi connectivity index (χ2v) is 5.72. The quantitative estimate of drug-likeness (QED) is 0.319. The van der Waals surface area contributed by atoms with Crippen molar-refractivity contribution in [2.45, 2.75) is 72.1 Å². The molecule has 0 amide bonds. The van der Waals surface area contributed by atoms with E-state index >= 15 is 0 Å². The van der Waals surface area contributed by atoms with Crippen LogP contribution in [0.1, 0.15) is 72.1 Å². The van der Waals surface area contributed by atoms with E-state index in [0.29, 0.717) is 0 Å². The summed E-state index contributed by atoms with van der Waals surface area (Å²) in [5.41, 5.74) is 0. The topological polar surface area (TPSA) is 24.4 Å². The molecule has 116 valence electrons. The Hall–Kier alpha value is 0.110. The number of nitrogens with zero attached hydrogens (tertiary/aromatic N) is 1. The predicted octanol–water partition coefficient (Wildman–Crippen LogP) is 5.27. The first-order valence-electron chi connectivity index (χ1n) is 7.76. The van der Waals surface area contributed by atoms with E-state index in [1.807, 2.05) is 11.8 Å². The highest BCUT2D eigenvalue weighted by Gasteiger charge is 1.98. The summed E-state index contributed by atoms with van der Waals surface area (Å²) < 4.78 is 0. The summed E-state index contributed by atoms with van der Waals surface area (Å²) in [5.74, 6) is 1.21. The average molecular weight is 309 g/mol. The van der Waals surface area contributed by atoms with Crippen molar-refractivity contribution in [1.29, 1.82) is 0 Å². The number of unbranched alkanes of at least 4 members (excludes halogenated alkanes) is 7. The van der Waals surface area contributed by atoms with E-state index in [1.165, 1.54) is 57.1 Å². The van der Waals surface area contributed by atoms with E-state index in [-0.39, 0.29) is 12.4 Å². The normalized spacial score (nSPS) is 11.2. The molecule has 0 aromatic heterocycles. The van der Waals surface area contributed by atoms with Gasteiger partial charge in [0.1, 0.15) is 0 Å². The van der Waals surface area contributed by atoms with Crippen LogP contribution in [0.25, 0.3) is 0 Å². The molecule has 4 heteroatoms. The first-order chi connectivity index (χ1) is 8.85. The third kappa shape index (κ3) is 16.1. The number of aliphatic imine (C=N–C) groups is 1. The van der Waals surface area contributed by atoms with Gasteiger partial charge in [-0.2, -0.15) is 0 Å². The molecule has 0 saturated carbocycles. The molecule has 0 saturated heterocycles. The van der Waals surface area contributed by atoms with Gasteiger partial charge in [0.05, 0.1) is 0 Å². The maximum absolute atomic E-state index is 4.45. The van der Waals surface area contributed by atoms with Gasteiger partial charge < -0.3 is 5.32 Å². The Kier molecular flexibility index (Phi) is 20.4. The highest BCUT2D eigenvalue weighted by Crippen LogP contribution is 2.11. The largest absolute Gasteiger partial charge is 0.365 e. The van der Waals surface area contributed by atoms with Crippen molar-refractivity contribution >= 4 is 29.3 Å². The van der Waals surface area contributed by atoms with Crippen molar-refractivity contribution in [1.82, 2.24) is 5.32 Å². The van der Waals surface area contributed by atoms with Crippen molar-refractivity contribution < 1.29 is 0 Å². The standard InChI is InChI=1S/C15H32N2S.ClH/c1-4-7-8-9-10-11-12-13-14-18-15(16-5-2)17-6-3;/h4-14H2,1-3H3,(H,16,17);1H. The van der Waals surface area contributed by atoms with E-state index in [2.05, 4.69) is 31.1 Å². The Bertz CT molecular complexity index is 199. The third-order valence-corrected chi connectivity index (χ3v) is 3.91. The minimum Gasteiger partial charge on any atom is -0.365 e. The Morgan fingerprint density at radius 2 is 1.47 bits per heavy atom. The van der Waals surface area contributed by atoms with Crippen LogP contribution in [0.2, 0.25) is 0 Å². The van der Waals surface area contributed by atoms with Gasteiger partial charge in [0.2, 0.25) is 0 Å². The maximum atomic E-state index is 4.45. The molecule has 0 heterocycles. The molecule has 0 aliphatic rings. The Balaban J connectivity index is 0. The minimum absolute atomic E-state index is 0. The van der Waals surface area contributed by atoms with Gasteiger partial charge in [-0.05, 0) is 20.3 Å². The summed E-state index contributed by atoms with van der Waals surface area (Å²) in [6, 6.07) is 0. The molecule has 0 aromatic carbocycles. The van der Waals surface area contributed by atoms with Crippen molar-refractivity contribution in [2.24, 2.45) is 4.99 Å². The van der Waals surface area contributed by atoms with Crippen molar-refractivity contribution in [2.75, 3.05) is 18.8 Å². The molecule has 2 nitrogen and oxygen atoms in total. The van der Waals surface area contributed by atoms with Crippen LogP contribution in [-0.4, -0.2) is 24.0 Å². The van der Waals surface area contributed by atoms with Crippen molar-refractivity contribution in [3.8, 4) is 0 Å². The lowest BCUT2D eigenvalue weighted by Crippen LogP contribution is -2.20. The van der Waals surface area contributed by atoms with E-state index in [9.17, 15) is 0 Å². The Labute approximate surface area is 131 Å². The van der Waals surface area contributed by atoms with Crippen LogP contribution in [0.3, 0.4) is 0 Å². The number of rotatable bonds is 11. The molecule has 0 rings (SSSR count). The summed E-state index contributed by atoms with van der Waals surface area (Å²) >= 11 is 1.88. The molecule has 0 aliphatic heterocycles. The van der Waals surface area contributed by atoms with Crippen LogP contribution in [0.15, 0.2) is 4.99 Å². The van der Waals surface area contributed by atoms with E-state index in [1.54, 1.807) is 0 Å². The number of halogens is 1. The van der Waals surface area contributed by atoms with Crippen LogP contribution in [0.5, 0.6) is 0 Å². The summed E-state index contributed by atoms with van der Waals surface area (Å²) in [6.45, 7) is 8.35. The van der Waals surface area contributed by atoms with E-state index in [4.69, 9.17) is 0 Å². The summed E-state index contributed by atoms with van der Waals surface area (Å²) in [7, 11) is 0. The fraction of sp³-hybridized carbons (Fsp3) is 0.933. The van der Waals surface area contributed by atoms with Gasteiger partial charge in [-0.25, -0.2) is 0 Å². The Morgan fingerprint density at radius 3 is 2.00 bits per heavy atom. The zero-order valence-electron chi connectivity index (χ0n) is 13.0. The SMILES string of the molecule is CCCCCCCCCCSC(=NCC)NCC.Cl. The number of hydrogen-bond donors (Lipinski definition) is 1. The monoisotopic (exact) mass is 308 g/mol. The number of thioether (sulfide) groups is 1. The van der Waals surface area contributed by atoms with Gasteiger partial charge in [0.25, 0.3) is 0 Å². The second kappa shape index (κ2) is 18.1. The smallest absolute Gasteiger partial charge is 0.156 e. The van der Waals surface area contributed by atoms with Gasteiger partial charge in [-0.15, -0.1) is 12.4 Å². The molecule has 0 radical (unpaired) electrons. The van der Waals surface area contributed by atoms with Crippen LogP contribution >= 0.6 is 24.2 Å². The predicted molar refractivity (Wildman–Crippen MR) is 94.0 cm³/mol. The molecular weight excluding hydrogens is 276 g/mol. The molecule has 0 unspecified atom stereocenters. The molecule has 0 aliphatic carbocycles. The number of amidine groups is 1. The lowest BCUT2D eigenvalue weighted by atomic mass is 10.1. The fourth-order valence-corrected chi connectivity index (χ4v) is 2.86. The molecule has 0 bridgehead atoms. The highest BCUT2D eigenvalue weighted by atomic mass is 35.5. The van der Waals surface area contributed by atoms with E-state index < -0.39 is 0 Å². The second-order valence-electron chi connectivity index (χ2n) is 4.63. The number of hydrogen-bond acceptors (Lipinski definition) is 2. The van der Waals surface area contributed by atoms with Gasteiger partial charge in [0, 0.05) is 18.8 Å². The molecule has 0 atom stereocenters. The lowest BCUT2D eigenvalue weighted by molar-refractivity contribution is 0.586. The first-order valence-corrected chi connectivity index (χ1v) is 8.74. The molecule has 1 N–H and O–H groups in total. The molecular formula is C15H33ClN2S. The Morgan fingerprint density at radius 1 is 0.895 bits per heavy atom. The average Bonchev–Trinajstić information content (AvgIpc) is 2.37. The molecule has 0 fully saturated rings. The molecule has 0 aromatic rings. The van der Waals surface area contributed by atoms with E-state index in [0.717, 1.165) is 18.3 Å². The lowest BCUT2D eigenvalue weighted by Gasteiger charge is -2.07.